The van der Waals surface area contributed by atoms with Crippen molar-refractivity contribution < 1.29 is 28.5 Å². The van der Waals surface area contributed by atoms with Crippen molar-refractivity contribution in [1.29, 1.82) is 0 Å². The van der Waals surface area contributed by atoms with Gasteiger partial charge in [0.2, 0.25) is 5.91 Å². The Hall–Kier alpha value is -2.29. The second-order valence-corrected chi connectivity index (χ2v) is 8.73. The fourth-order valence-electron chi connectivity index (χ4n) is 6.56. The van der Waals surface area contributed by atoms with Crippen molar-refractivity contribution in [1.82, 2.24) is 4.90 Å². The Labute approximate surface area is 182 Å². The molecule has 8 nitrogen and oxygen atoms in total. The van der Waals surface area contributed by atoms with Crippen LogP contribution in [0.2, 0.25) is 0 Å². The van der Waals surface area contributed by atoms with Crippen LogP contribution in [0, 0.1) is 5.92 Å². The van der Waals surface area contributed by atoms with Gasteiger partial charge in [-0.05, 0) is 12.8 Å². The molecule has 0 aliphatic carbocycles. The number of anilines is 1. The summed E-state index contributed by atoms with van der Waals surface area (Å²) >= 11 is 0. The van der Waals surface area contributed by atoms with E-state index in [2.05, 4.69) is 16.3 Å². The quantitative estimate of drug-likeness (QED) is 0.692. The molecule has 5 heterocycles. The largest absolute Gasteiger partial charge is 0.494 e. The number of nitrogens with one attached hydrogen (secondary N) is 1. The van der Waals surface area contributed by atoms with E-state index in [1.807, 2.05) is 0 Å². The normalized spacial score (nSPS) is 36.1. The Morgan fingerprint density at radius 3 is 2.58 bits per heavy atom. The number of hydrogen-bond acceptors (Lipinski definition) is 7. The predicted molar refractivity (Wildman–Crippen MR) is 114 cm³/mol. The van der Waals surface area contributed by atoms with Gasteiger partial charge in [0.1, 0.15) is 5.75 Å². The van der Waals surface area contributed by atoms with Gasteiger partial charge in [-0.15, -0.1) is 0 Å². The van der Waals surface area contributed by atoms with Crippen molar-refractivity contribution in [3.63, 3.8) is 0 Å². The van der Waals surface area contributed by atoms with Crippen molar-refractivity contribution in [3.05, 3.63) is 23.3 Å². The van der Waals surface area contributed by atoms with Crippen LogP contribution in [0.1, 0.15) is 18.4 Å². The minimum atomic E-state index is -0.731. The Morgan fingerprint density at radius 1 is 1.16 bits per heavy atom. The highest BCUT2D eigenvalue weighted by molar-refractivity contribution is 6.10. The lowest BCUT2D eigenvalue weighted by Crippen LogP contribution is -2.61. The van der Waals surface area contributed by atoms with E-state index in [-0.39, 0.29) is 30.0 Å². The third kappa shape index (κ3) is 2.55. The molecule has 5 aliphatic heterocycles. The predicted octanol–water partition coefficient (Wildman–Crippen LogP) is 1.97. The molecule has 31 heavy (non-hydrogen) atoms. The zero-order valence-electron chi connectivity index (χ0n) is 18.7. The molecule has 8 heteroatoms. The van der Waals surface area contributed by atoms with E-state index in [0.717, 1.165) is 18.5 Å². The zero-order valence-corrected chi connectivity index (χ0v) is 18.7. The summed E-state index contributed by atoms with van der Waals surface area (Å²) in [6, 6.07) is 1.99. The number of carbonyl (C=O) groups is 1. The van der Waals surface area contributed by atoms with Crippen molar-refractivity contribution in [2.75, 3.05) is 54.0 Å². The Balaban J connectivity index is 1.67. The lowest BCUT2D eigenvalue weighted by molar-refractivity contribution is -0.122. The maximum Gasteiger partial charge on any atom is 0.237 e. The van der Waals surface area contributed by atoms with E-state index < -0.39 is 5.41 Å². The molecule has 1 spiro atoms. The summed E-state index contributed by atoms with van der Waals surface area (Å²) in [5, 5.41) is 3.12. The minimum Gasteiger partial charge on any atom is -0.494 e. The van der Waals surface area contributed by atoms with Crippen LogP contribution >= 0.6 is 0 Å². The smallest absolute Gasteiger partial charge is 0.237 e. The molecule has 6 rings (SSSR count). The van der Waals surface area contributed by atoms with Crippen LogP contribution in [0.3, 0.4) is 0 Å². The van der Waals surface area contributed by atoms with E-state index >= 15 is 0 Å². The summed E-state index contributed by atoms with van der Waals surface area (Å²) in [5.41, 5.74) is 2.16. The van der Waals surface area contributed by atoms with E-state index in [4.69, 9.17) is 23.7 Å². The molecule has 4 saturated heterocycles. The highest BCUT2D eigenvalue weighted by Crippen LogP contribution is 2.63. The fraction of sp³-hybridized carbons (Fsp3) is 0.609. The zero-order chi connectivity index (χ0) is 21.9. The molecule has 5 aliphatic rings. The van der Waals surface area contributed by atoms with Crippen LogP contribution in [0.4, 0.5) is 5.69 Å². The van der Waals surface area contributed by atoms with Gasteiger partial charge < -0.3 is 29.0 Å². The molecule has 0 radical (unpaired) electrons. The van der Waals surface area contributed by atoms with Crippen LogP contribution in [0.25, 0.3) is 0 Å². The van der Waals surface area contributed by atoms with Crippen LogP contribution in [0.15, 0.2) is 17.7 Å². The first-order valence-electron chi connectivity index (χ1n) is 10.7. The van der Waals surface area contributed by atoms with Crippen LogP contribution in [-0.4, -0.2) is 77.7 Å². The highest BCUT2D eigenvalue weighted by atomic mass is 16.5. The van der Waals surface area contributed by atoms with Gasteiger partial charge >= 0.3 is 0 Å². The number of hydrogen-bond donors (Lipinski definition) is 1. The van der Waals surface area contributed by atoms with Gasteiger partial charge in [-0.2, -0.15) is 0 Å². The number of piperidine rings is 3. The third-order valence-corrected chi connectivity index (χ3v) is 7.75. The van der Waals surface area contributed by atoms with Crippen molar-refractivity contribution in [3.8, 4) is 17.2 Å². The molecular formula is C23H30N2O6. The van der Waals surface area contributed by atoms with Gasteiger partial charge in [-0.1, -0.05) is 11.6 Å². The number of amides is 1. The summed E-state index contributed by atoms with van der Waals surface area (Å²) < 4.78 is 28.3. The molecule has 1 amide bonds. The fourth-order valence-corrected chi connectivity index (χ4v) is 6.56. The summed E-state index contributed by atoms with van der Waals surface area (Å²) in [5.74, 6) is 2.04. The average molecular weight is 431 g/mol. The summed E-state index contributed by atoms with van der Waals surface area (Å²) in [4.78, 5) is 16.1. The molecule has 1 aromatic carbocycles. The average Bonchev–Trinajstić information content (AvgIpc) is 3.22. The summed E-state index contributed by atoms with van der Waals surface area (Å²) in [6.07, 6.45) is 3.74. The SMILES string of the molecule is COCC=C1CN2[C@@H]3C[C@]4(C(=O)Nc5c(OC)cc(OC)c(OC)c54)[C@H]2C[C@H]1[C@@H]3OC. The molecule has 168 valence electrons. The first kappa shape index (κ1) is 20.6. The second kappa shape index (κ2) is 7.39. The summed E-state index contributed by atoms with van der Waals surface area (Å²) in [7, 11) is 8.31. The Bertz CT molecular complexity index is 946. The number of benzene rings is 1. The highest BCUT2D eigenvalue weighted by Gasteiger charge is 2.69. The molecule has 4 fully saturated rings. The molecule has 1 N–H and O–H groups in total. The Morgan fingerprint density at radius 2 is 1.94 bits per heavy atom. The van der Waals surface area contributed by atoms with E-state index in [1.165, 1.54) is 5.57 Å². The first-order chi connectivity index (χ1) is 15.0. The molecule has 0 aromatic heterocycles. The Kier molecular flexibility index (Phi) is 4.91. The molecule has 4 bridgehead atoms. The van der Waals surface area contributed by atoms with E-state index in [1.54, 1.807) is 41.6 Å². The lowest BCUT2D eigenvalue weighted by atomic mass is 9.70. The topological polar surface area (TPSA) is 78.5 Å². The molecular weight excluding hydrogens is 400 g/mol. The molecule has 6 atom stereocenters. The van der Waals surface area contributed by atoms with E-state index in [9.17, 15) is 4.79 Å². The van der Waals surface area contributed by atoms with Crippen LogP contribution in [-0.2, 0) is 19.7 Å². The van der Waals surface area contributed by atoms with Gasteiger partial charge in [0.25, 0.3) is 0 Å². The summed E-state index contributed by atoms with van der Waals surface area (Å²) in [6.45, 7) is 1.42. The number of carbonyl (C=O) groups excluding carboxylic acids is 1. The maximum atomic E-state index is 13.7. The van der Waals surface area contributed by atoms with Gasteiger partial charge in [-0.25, -0.2) is 0 Å². The van der Waals surface area contributed by atoms with Crippen molar-refractivity contribution >= 4 is 11.6 Å². The van der Waals surface area contributed by atoms with Gasteiger partial charge in [0.05, 0.1) is 45.1 Å². The molecule has 1 aromatic rings. The first-order valence-corrected chi connectivity index (χ1v) is 10.7. The van der Waals surface area contributed by atoms with E-state index in [0.29, 0.717) is 36.0 Å². The number of nitrogens with zero attached hydrogens (tertiary/aromatic N) is 1. The second-order valence-electron chi connectivity index (χ2n) is 8.73. The van der Waals surface area contributed by atoms with Crippen LogP contribution < -0.4 is 19.5 Å². The van der Waals surface area contributed by atoms with Crippen molar-refractivity contribution in [2.24, 2.45) is 5.92 Å². The lowest BCUT2D eigenvalue weighted by Gasteiger charge is -2.52. The third-order valence-electron chi connectivity index (χ3n) is 7.75. The number of methoxy groups -OCH3 is 5. The maximum absolute atomic E-state index is 13.7. The van der Waals surface area contributed by atoms with Gasteiger partial charge in [0.15, 0.2) is 11.5 Å². The molecule has 1 unspecified atom stereocenters. The van der Waals surface area contributed by atoms with Crippen molar-refractivity contribution in [2.45, 2.75) is 36.4 Å². The monoisotopic (exact) mass is 430 g/mol. The number of ether oxygens (including phenoxy) is 5. The molecule has 0 saturated carbocycles. The van der Waals surface area contributed by atoms with Gasteiger partial charge in [-0.3, -0.25) is 9.69 Å². The van der Waals surface area contributed by atoms with Crippen LogP contribution in [0.5, 0.6) is 17.2 Å². The number of rotatable bonds is 6. The van der Waals surface area contributed by atoms with Gasteiger partial charge in [0, 0.05) is 50.4 Å². The minimum absolute atomic E-state index is 0.00433. The standard InChI is InChI=1S/C23H30N2O6/c1-27-7-6-12-11-25-14-10-23(17(25)8-13(12)20(14)30-4)18-19(24-22(23)26)15(28-2)9-16(29-3)21(18)31-5/h6,9,13-14,17,20H,7-8,10-11H2,1-5H3,(H,24,26)/t13-,14-,17-,20+,23+/m1/s1. The number of fused-ring (bicyclic) bond motifs is 3.